The van der Waals surface area contributed by atoms with E-state index < -0.39 is 5.91 Å². The smallest absolute Gasteiger partial charge is 0.252 e. The first kappa shape index (κ1) is 25.3. The summed E-state index contributed by atoms with van der Waals surface area (Å²) in [5.74, 6) is 0.907. The van der Waals surface area contributed by atoms with Crippen molar-refractivity contribution in [2.75, 3.05) is 39.0 Å². The molecular formula is C30H35N7O2. The molecule has 4 aromatic rings. The third-order valence-corrected chi connectivity index (χ3v) is 8.28. The minimum Gasteiger partial charge on any atom is -0.457 e. The van der Waals surface area contributed by atoms with Gasteiger partial charge < -0.3 is 25.7 Å². The summed E-state index contributed by atoms with van der Waals surface area (Å²) in [6, 6.07) is 15.8. The molecule has 1 aliphatic heterocycles. The summed E-state index contributed by atoms with van der Waals surface area (Å²) in [6.45, 7) is 4.59. The average Bonchev–Trinajstić information content (AvgIpc) is 3.35. The molecule has 2 aromatic heterocycles. The Bertz CT molecular complexity index is 1470. The molecule has 0 unspecified atom stereocenters. The third-order valence-electron chi connectivity index (χ3n) is 8.28. The molecule has 1 aliphatic carbocycles. The van der Waals surface area contributed by atoms with E-state index in [-0.39, 0.29) is 0 Å². The number of nitrogens with zero attached hydrogens (tertiary/aromatic N) is 5. The van der Waals surface area contributed by atoms with Crippen molar-refractivity contribution in [1.82, 2.24) is 24.3 Å². The molecule has 9 heteroatoms. The Labute approximate surface area is 228 Å². The van der Waals surface area contributed by atoms with Gasteiger partial charge in [-0.15, -0.1) is 0 Å². The van der Waals surface area contributed by atoms with Gasteiger partial charge in [0.2, 0.25) is 0 Å². The Balaban J connectivity index is 1.31. The highest BCUT2D eigenvalue weighted by Gasteiger charge is 2.30. The predicted octanol–water partition coefficient (Wildman–Crippen LogP) is 4.30. The van der Waals surface area contributed by atoms with Crippen LogP contribution in [-0.2, 0) is 0 Å². The number of anilines is 1. The Morgan fingerprint density at radius 2 is 1.67 bits per heavy atom. The highest BCUT2D eigenvalue weighted by Crippen LogP contribution is 2.40. The van der Waals surface area contributed by atoms with Crippen molar-refractivity contribution in [1.29, 1.82) is 0 Å². The zero-order valence-corrected chi connectivity index (χ0v) is 22.3. The van der Waals surface area contributed by atoms with E-state index in [1.165, 1.54) is 19.2 Å². The van der Waals surface area contributed by atoms with Crippen molar-refractivity contribution < 1.29 is 9.53 Å². The average molecular weight is 526 g/mol. The number of nitrogen functional groups attached to an aromatic ring is 1. The van der Waals surface area contributed by atoms with Crippen LogP contribution in [0.1, 0.15) is 42.1 Å². The number of amides is 1. The lowest BCUT2D eigenvalue weighted by Crippen LogP contribution is -2.49. The molecule has 6 rings (SSSR count). The maximum absolute atomic E-state index is 12.4. The van der Waals surface area contributed by atoms with Gasteiger partial charge in [0.1, 0.15) is 29.3 Å². The molecule has 2 fully saturated rings. The van der Waals surface area contributed by atoms with Crippen LogP contribution >= 0.6 is 0 Å². The summed E-state index contributed by atoms with van der Waals surface area (Å²) >= 11 is 0. The van der Waals surface area contributed by atoms with Crippen molar-refractivity contribution in [3.63, 3.8) is 0 Å². The lowest BCUT2D eigenvalue weighted by molar-refractivity contribution is 0.0828. The molecule has 3 heterocycles. The van der Waals surface area contributed by atoms with E-state index in [1.54, 1.807) is 12.1 Å². The molecular weight excluding hydrogens is 490 g/mol. The number of ether oxygens (including phenoxy) is 1. The number of rotatable bonds is 6. The van der Waals surface area contributed by atoms with Crippen LogP contribution < -0.4 is 16.2 Å². The Morgan fingerprint density at radius 1 is 0.949 bits per heavy atom. The molecule has 1 amide bonds. The van der Waals surface area contributed by atoms with Gasteiger partial charge in [-0.2, -0.15) is 0 Å². The number of likely N-dealkylation sites (N-methyl/N-ethyl adjacent to an activating group) is 1. The molecule has 2 aliphatic rings. The zero-order chi connectivity index (χ0) is 26.9. The fraction of sp³-hybridized carbons (Fsp3) is 0.367. The Hall–Kier alpha value is -3.95. The highest BCUT2D eigenvalue weighted by molar-refractivity contribution is 6.03. The molecule has 9 nitrogen and oxygen atoms in total. The maximum atomic E-state index is 12.4. The number of carbonyl (C=O) groups excluding carboxylic acids is 1. The molecule has 1 saturated carbocycles. The SMILES string of the molecule is CN1CCN([C@H]2CC[C@H](n3cc(-c4ccc(Oc5ccccc5)c(C(N)=O)c4)c4c(N)ncnc43)CC2)CC1. The predicted molar refractivity (Wildman–Crippen MR) is 153 cm³/mol. The number of aromatic nitrogens is 3. The van der Waals surface area contributed by atoms with Gasteiger partial charge in [-0.3, -0.25) is 9.69 Å². The fourth-order valence-electron chi connectivity index (χ4n) is 6.09. The second-order valence-electron chi connectivity index (χ2n) is 10.7. The van der Waals surface area contributed by atoms with E-state index in [2.05, 4.69) is 37.6 Å². The molecule has 0 atom stereocenters. The summed E-state index contributed by atoms with van der Waals surface area (Å²) < 4.78 is 8.24. The number of piperazine rings is 1. The van der Waals surface area contributed by atoms with Crippen molar-refractivity contribution >= 4 is 22.8 Å². The quantitative estimate of drug-likeness (QED) is 0.386. The number of hydrogen-bond acceptors (Lipinski definition) is 7. The fourth-order valence-corrected chi connectivity index (χ4v) is 6.09. The summed E-state index contributed by atoms with van der Waals surface area (Å²) in [7, 11) is 2.20. The Kier molecular flexibility index (Phi) is 6.93. The molecule has 0 spiro atoms. The minimum absolute atomic E-state index is 0.306. The summed E-state index contributed by atoms with van der Waals surface area (Å²) in [6.07, 6.45) is 8.15. The van der Waals surface area contributed by atoms with Crippen LogP contribution in [0, 0.1) is 0 Å². The van der Waals surface area contributed by atoms with Gasteiger partial charge in [0.05, 0.1) is 10.9 Å². The first-order valence-electron chi connectivity index (χ1n) is 13.7. The van der Waals surface area contributed by atoms with Gasteiger partial charge >= 0.3 is 0 Å². The molecule has 0 radical (unpaired) electrons. The first-order valence-corrected chi connectivity index (χ1v) is 13.7. The first-order chi connectivity index (χ1) is 19.0. The number of nitrogens with two attached hydrogens (primary N) is 2. The van der Waals surface area contributed by atoms with Gasteiger partial charge in [-0.25, -0.2) is 9.97 Å². The van der Waals surface area contributed by atoms with Crippen LogP contribution in [0.5, 0.6) is 11.5 Å². The van der Waals surface area contributed by atoms with Gasteiger partial charge in [0.25, 0.3) is 5.91 Å². The number of hydrogen-bond donors (Lipinski definition) is 2. The van der Waals surface area contributed by atoms with Crippen LogP contribution in [0.15, 0.2) is 61.1 Å². The highest BCUT2D eigenvalue weighted by atomic mass is 16.5. The number of para-hydroxylation sites is 1. The van der Waals surface area contributed by atoms with Crippen molar-refractivity contribution in [3.8, 4) is 22.6 Å². The van der Waals surface area contributed by atoms with E-state index in [1.807, 2.05) is 36.4 Å². The van der Waals surface area contributed by atoms with Gasteiger partial charge in [-0.1, -0.05) is 24.3 Å². The molecule has 1 saturated heterocycles. The molecule has 0 bridgehead atoms. The van der Waals surface area contributed by atoms with Crippen LogP contribution in [0.3, 0.4) is 0 Å². The molecule has 39 heavy (non-hydrogen) atoms. The largest absolute Gasteiger partial charge is 0.457 e. The standard InChI is InChI=1S/C30H35N7O2/c1-35-13-15-36(16-14-35)21-8-10-22(11-9-21)37-18-25(27-28(31)33-19-34-30(27)37)20-7-12-26(24(17-20)29(32)38)39-23-5-3-2-4-6-23/h2-7,12,17-19,21-22H,8-11,13-16H2,1H3,(H2,32,38)(H2,31,33,34)/t21-,22-. The normalized spacial score (nSPS) is 20.7. The minimum atomic E-state index is -0.557. The summed E-state index contributed by atoms with van der Waals surface area (Å²) in [5, 5.41) is 0.797. The van der Waals surface area contributed by atoms with E-state index >= 15 is 0 Å². The van der Waals surface area contributed by atoms with Crippen molar-refractivity contribution in [2.24, 2.45) is 5.73 Å². The van der Waals surface area contributed by atoms with Crippen LogP contribution in [-0.4, -0.2) is 69.5 Å². The lowest BCUT2D eigenvalue weighted by Gasteiger charge is -2.41. The summed E-state index contributed by atoms with van der Waals surface area (Å²) in [5.41, 5.74) is 15.0. The lowest BCUT2D eigenvalue weighted by atomic mass is 9.89. The third kappa shape index (κ3) is 5.07. The van der Waals surface area contributed by atoms with E-state index in [9.17, 15) is 4.79 Å². The molecule has 202 valence electrons. The van der Waals surface area contributed by atoms with Crippen molar-refractivity contribution in [3.05, 3.63) is 66.6 Å². The monoisotopic (exact) mass is 525 g/mol. The number of primary amides is 1. The second kappa shape index (κ2) is 10.7. The Morgan fingerprint density at radius 3 is 2.38 bits per heavy atom. The number of fused-ring (bicyclic) bond motifs is 1. The van der Waals surface area contributed by atoms with Crippen LogP contribution in [0.4, 0.5) is 5.82 Å². The van der Waals surface area contributed by atoms with Crippen LogP contribution in [0.2, 0.25) is 0 Å². The topological polar surface area (TPSA) is 116 Å². The van der Waals surface area contributed by atoms with E-state index in [0.717, 1.165) is 61.2 Å². The maximum Gasteiger partial charge on any atom is 0.252 e. The van der Waals surface area contributed by atoms with Gasteiger partial charge in [-0.05, 0) is 62.6 Å². The van der Waals surface area contributed by atoms with E-state index in [4.69, 9.17) is 16.2 Å². The molecule has 4 N–H and O–H groups in total. The second-order valence-corrected chi connectivity index (χ2v) is 10.7. The summed E-state index contributed by atoms with van der Waals surface area (Å²) in [4.78, 5) is 26.5. The number of benzene rings is 2. The molecule has 2 aromatic carbocycles. The van der Waals surface area contributed by atoms with Gasteiger partial charge in [0, 0.05) is 50.0 Å². The van der Waals surface area contributed by atoms with Crippen LogP contribution in [0.25, 0.3) is 22.2 Å². The number of carbonyl (C=O) groups is 1. The van der Waals surface area contributed by atoms with E-state index in [0.29, 0.717) is 35.0 Å². The van der Waals surface area contributed by atoms with Crippen molar-refractivity contribution in [2.45, 2.75) is 37.8 Å². The zero-order valence-electron chi connectivity index (χ0n) is 22.3. The van der Waals surface area contributed by atoms with Gasteiger partial charge in [0.15, 0.2) is 0 Å².